The fourth-order valence-corrected chi connectivity index (χ4v) is 3.06. The van der Waals surface area contributed by atoms with Gasteiger partial charge in [-0.2, -0.15) is 0 Å². The molecule has 24 heavy (non-hydrogen) atoms. The summed E-state index contributed by atoms with van der Waals surface area (Å²) in [6.07, 6.45) is 4.94. The normalized spacial score (nSPS) is 17.7. The molecule has 132 valence electrons. The molecule has 0 saturated carbocycles. The van der Waals surface area contributed by atoms with Crippen molar-refractivity contribution in [2.24, 2.45) is 11.7 Å². The first kappa shape index (κ1) is 18.5. The van der Waals surface area contributed by atoms with Crippen LogP contribution in [0, 0.1) is 5.92 Å². The Balaban J connectivity index is 1.75. The molecule has 0 aromatic heterocycles. The second-order valence-electron chi connectivity index (χ2n) is 6.56. The topological polar surface area (TPSA) is 75.4 Å². The van der Waals surface area contributed by atoms with Gasteiger partial charge in [-0.25, -0.2) is 0 Å². The summed E-state index contributed by atoms with van der Waals surface area (Å²) in [4.78, 5) is 26.4. The van der Waals surface area contributed by atoms with E-state index in [2.05, 4.69) is 5.32 Å². The van der Waals surface area contributed by atoms with Gasteiger partial charge >= 0.3 is 0 Å². The molecule has 5 nitrogen and oxygen atoms in total. The maximum Gasteiger partial charge on any atom is 0.224 e. The molecule has 0 bridgehead atoms. The third-order valence-electron chi connectivity index (χ3n) is 4.73. The quantitative estimate of drug-likeness (QED) is 0.839. The number of carbonyl (C=O) groups is 2. The molecule has 2 unspecified atom stereocenters. The van der Waals surface area contributed by atoms with E-state index >= 15 is 0 Å². The molecule has 3 N–H and O–H groups in total. The number of hydrogen-bond acceptors (Lipinski definition) is 3. The van der Waals surface area contributed by atoms with Crippen molar-refractivity contribution in [3.8, 4) is 0 Å². The van der Waals surface area contributed by atoms with Crippen molar-refractivity contribution in [1.82, 2.24) is 10.2 Å². The first-order valence-corrected chi connectivity index (χ1v) is 8.95. The van der Waals surface area contributed by atoms with Gasteiger partial charge in [0.2, 0.25) is 11.8 Å². The van der Waals surface area contributed by atoms with Crippen molar-refractivity contribution in [2.75, 3.05) is 19.6 Å². The minimum Gasteiger partial charge on any atom is -0.355 e. The lowest BCUT2D eigenvalue weighted by Crippen LogP contribution is -2.38. The van der Waals surface area contributed by atoms with Gasteiger partial charge in [-0.1, -0.05) is 50.1 Å². The highest BCUT2D eigenvalue weighted by molar-refractivity contribution is 5.81. The van der Waals surface area contributed by atoms with Crippen LogP contribution in [0.4, 0.5) is 0 Å². The predicted octanol–water partition coefficient (Wildman–Crippen LogP) is 2.23. The number of nitrogens with one attached hydrogen (secondary N) is 1. The molecule has 2 rings (SSSR count). The molecule has 0 radical (unpaired) electrons. The minimum atomic E-state index is -0.340. The highest BCUT2D eigenvalue weighted by atomic mass is 16.2. The number of rotatable bonds is 6. The Morgan fingerprint density at radius 3 is 2.38 bits per heavy atom. The number of benzene rings is 1. The summed E-state index contributed by atoms with van der Waals surface area (Å²) in [5.74, 6) is -0.298. The molecule has 1 aromatic carbocycles. The minimum absolute atomic E-state index is 0.102. The van der Waals surface area contributed by atoms with Gasteiger partial charge in [-0.15, -0.1) is 0 Å². The summed E-state index contributed by atoms with van der Waals surface area (Å²) < 4.78 is 0. The van der Waals surface area contributed by atoms with E-state index in [4.69, 9.17) is 5.73 Å². The third kappa shape index (κ3) is 5.34. The summed E-state index contributed by atoms with van der Waals surface area (Å²) in [5.41, 5.74) is 7.11. The molecule has 1 heterocycles. The Labute approximate surface area is 144 Å². The Morgan fingerprint density at radius 1 is 1.12 bits per heavy atom. The first-order valence-electron chi connectivity index (χ1n) is 8.95. The highest BCUT2D eigenvalue weighted by Gasteiger charge is 2.22. The van der Waals surface area contributed by atoms with Gasteiger partial charge in [-0.05, 0) is 18.4 Å². The molecule has 0 aliphatic carbocycles. The number of nitrogens with two attached hydrogens (primary N) is 1. The average molecular weight is 331 g/mol. The Hall–Kier alpha value is -1.88. The average Bonchev–Trinajstić information content (AvgIpc) is 2.90. The monoisotopic (exact) mass is 331 g/mol. The molecular weight excluding hydrogens is 302 g/mol. The molecule has 1 aromatic rings. The fourth-order valence-electron chi connectivity index (χ4n) is 3.06. The van der Waals surface area contributed by atoms with Crippen molar-refractivity contribution >= 4 is 11.8 Å². The van der Waals surface area contributed by atoms with Gasteiger partial charge in [0, 0.05) is 32.1 Å². The Kier molecular flexibility index (Phi) is 7.25. The first-order chi connectivity index (χ1) is 11.6. The van der Waals surface area contributed by atoms with E-state index in [1.807, 2.05) is 42.2 Å². The number of hydrogen-bond donors (Lipinski definition) is 2. The number of nitrogens with zero attached hydrogens (tertiary/aromatic N) is 1. The second-order valence-corrected chi connectivity index (χ2v) is 6.56. The van der Waals surface area contributed by atoms with Crippen molar-refractivity contribution in [2.45, 2.75) is 45.1 Å². The lowest BCUT2D eigenvalue weighted by Gasteiger charge is -2.22. The van der Waals surface area contributed by atoms with Crippen molar-refractivity contribution < 1.29 is 9.59 Å². The molecule has 5 heteroatoms. The van der Waals surface area contributed by atoms with Crippen LogP contribution < -0.4 is 11.1 Å². The van der Waals surface area contributed by atoms with E-state index in [1.54, 1.807) is 0 Å². The van der Waals surface area contributed by atoms with Crippen LogP contribution >= 0.6 is 0 Å². The summed E-state index contributed by atoms with van der Waals surface area (Å²) in [7, 11) is 0. The summed E-state index contributed by atoms with van der Waals surface area (Å²) in [6.45, 7) is 3.90. The molecule has 2 atom stereocenters. The van der Waals surface area contributed by atoms with Gasteiger partial charge in [-0.3, -0.25) is 9.59 Å². The van der Waals surface area contributed by atoms with Crippen LogP contribution in [0.5, 0.6) is 0 Å². The zero-order valence-corrected chi connectivity index (χ0v) is 14.5. The summed E-state index contributed by atoms with van der Waals surface area (Å²) in [6, 6.07) is 9.27. The highest BCUT2D eigenvalue weighted by Crippen LogP contribution is 2.19. The van der Waals surface area contributed by atoms with Gasteiger partial charge < -0.3 is 16.0 Å². The van der Waals surface area contributed by atoms with Crippen LogP contribution in [-0.2, 0) is 9.59 Å². The maximum absolute atomic E-state index is 12.3. The molecular formula is C19H29N3O2. The van der Waals surface area contributed by atoms with Crippen molar-refractivity contribution in [1.29, 1.82) is 0 Å². The van der Waals surface area contributed by atoms with Crippen LogP contribution in [0.2, 0.25) is 0 Å². The lowest BCUT2D eigenvalue weighted by atomic mass is 9.95. The molecule has 1 aliphatic rings. The van der Waals surface area contributed by atoms with Gasteiger partial charge in [0.25, 0.3) is 0 Å². The molecule has 1 saturated heterocycles. The van der Waals surface area contributed by atoms with E-state index in [0.717, 1.165) is 31.5 Å². The largest absolute Gasteiger partial charge is 0.355 e. The summed E-state index contributed by atoms with van der Waals surface area (Å²) in [5, 5.41) is 2.85. The number of carbonyl (C=O) groups excluding carboxylic acids is 2. The van der Waals surface area contributed by atoms with Crippen molar-refractivity contribution in [3.63, 3.8) is 0 Å². The van der Waals surface area contributed by atoms with E-state index in [1.165, 1.54) is 12.8 Å². The lowest BCUT2D eigenvalue weighted by molar-refractivity contribution is -0.131. The Bertz CT molecular complexity index is 525. The van der Waals surface area contributed by atoms with Crippen LogP contribution in [-0.4, -0.2) is 36.3 Å². The Morgan fingerprint density at radius 2 is 1.75 bits per heavy atom. The summed E-state index contributed by atoms with van der Waals surface area (Å²) >= 11 is 0. The molecule has 0 spiro atoms. The van der Waals surface area contributed by atoms with Gasteiger partial charge in [0.15, 0.2) is 0 Å². The zero-order chi connectivity index (χ0) is 17.4. The van der Waals surface area contributed by atoms with E-state index in [-0.39, 0.29) is 23.8 Å². The number of amides is 2. The molecule has 2 amide bonds. The standard InChI is InChI=1S/C19H29N3O2/c1-15(18(20)16-9-5-4-6-10-16)19(24)21-12-11-17(23)22-13-7-2-3-8-14-22/h4-6,9-10,15,18H,2-3,7-8,11-14,20H2,1H3,(H,21,24). The van der Waals surface area contributed by atoms with E-state index in [9.17, 15) is 9.59 Å². The molecule has 1 fully saturated rings. The van der Waals surface area contributed by atoms with Crippen molar-refractivity contribution in [3.05, 3.63) is 35.9 Å². The molecule has 1 aliphatic heterocycles. The van der Waals surface area contributed by atoms with Crippen LogP contribution in [0.3, 0.4) is 0 Å². The third-order valence-corrected chi connectivity index (χ3v) is 4.73. The number of likely N-dealkylation sites (tertiary alicyclic amines) is 1. The van der Waals surface area contributed by atoms with Crippen LogP contribution in [0.1, 0.15) is 50.6 Å². The zero-order valence-electron chi connectivity index (χ0n) is 14.5. The van der Waals surface area contributed by atoms with E-state index < -0.39 is 0 Å². The fraction of sp³-hybridized carbons (Fsp3) is 0.579. The van der Waals surface area contributed by atoms with Crippen LogP contribution in [0.25, 0.3) is 0 Å². The van der Waals surface area contributed by atoms with Crippen LogP contribution in [0.15, 0.2) is 30.3 Å². The van der Waals surface area contributed by atoms with E-state index in [0.29, 0.717) is 13.0 Å². The maximum atomic E-state index is 12.3. The second kappa shape index (κ2) is 9.42. The van der Waals surface area contributed by atoms with Gasteiger partial charge in [0.1, 0.15) is 0 Å². The SMILES string of the molecule is CC(C(=O)NCCC(=O)N1CCCCCC1)C(N)c1ccccc1. The smallest absolute Gasteiger partial charge is 0.224 e. The predicted molar refractivity (Wildman–Crippen MR) is 95.2 cm³/mol. The van der Waals surface area contributed by atoms with Gasteiger partial charge in [0.05, 0.1) is 5.92 Å².